The normalized spacial score (nSPS) is 12.0. The molecule has 0 aliphatic carbocycles. The summed E-state index contributed by atoms with van der Waals surface area (Å²) in [6.07, 6.45) is 0. The van der Waals surface area contributed by atoms with Crippen LogP contribution in [0.1, 0.15) is 28.9 Å². The Hall–Kier alpha value is -1.78. The predicted molar refractivity (Wildman–Crippen MR) is 83.4 cm³/mol. The number of benzene rings is 2. The zero-order valence-corrected chi connectivity index (χ0v) is 12.7. The van der Waals surface area contributed by atoms with E-state index in [4.69, 9.17) is 28.9 Å². The van der Waals surface area contributed by atoms with Crippen molar-refractivity contribution in [3.63, 3.8) is 0 Å². The minimum absolute atomic E-state index is 0.185. The Bertz CT molecular complexity index is 691. The number of rotatable bonds is 4. The fraction of sp³-hybridized carbons (Fsp3) is 0.133. The molecule has 0 radical (unpaired) electrons. The van der Waals surface area contributed by atoms with Gasteiger partial charge in [-0.2, -0.15) is 0 Å². The molecule has 0 spiro atoms. The summed E-state index contributed by atoms with van der Waals surface area (Å²) in [7, 11) is 0. The SMILES string of the molecule is CC(Nc1cc(C(N)=O)ccc1F)c1ccc(Cl)cc1Cl. The first-order valence-corrected chi connectivity index (χ1v) is 6.95. The first-order valence-electron chi connectivity index (χ1n) is 6.19. The van der Waals surface area contributed by atoms with E-state index in [1.54, 1.807) is 18.2 Å². The van der Waals surface area contributed by atoms with E-state index in [0.29, 0.717) is 10.0 Å². The van der Waals surface area contributed by atoms with Gasteiger partial charge in [0.1, 0.15) is 5.82 Å². The molecule has 2 aromatic rings. The molecule has 3 N–H and O–H groups in total. The van der Waals surface area contributed by atoms with Gasteiger partial charge in [0.2, 0.25) is 5.91 Å². The van der Waals surface area contributed by atoms with Crippen LogP contribution in [0.2, 0.25) is 10.0 Å². The zero-order chi connectivity index (χ0) is 15.6. The van der Waals surface area contributed by atoms with E-state index in [0.717, 1.165) is 5.56 Å². The summed E-state index contributed by atoms with van der Waals surface area (Å²) in [5.41, 5.74) is 6.37. The lowest BCUT2D eigenvalue weighted by atomic mass is 10.1. The molecule has 21 heavy (non-hydrogen) atoms. The van der Waals surface area contributed by atoms with Crippen LogP contribution in [0.15, 0.2) is 36.4 Å². The molecule has 0 aliphatic heterocycles. The van der Waals surface area contributed by atoms with Gasteiger partial charge < -0.3 is 11.1 Å². The highest BCUT2D eigenvalue weighted by Crippen LogP contribution is 2.29. The van der Waals surface area contributed by atoms with Gasteiger partial charge in [-0.15, -0.1) is 0 Å². The van der Waals surface area contributed by atoms with Crippen molar-refractivity contribution in [2.75, 3.05) is 5.32 Å². The second kappa shape index (κ2) is 6.33. The number of nitrogens with one attached hydrogen (secondary N) is 1. The smallest absolute Gasteiger partial charge is 0.248 e. The summed E-state index contributed by atoms with van der Waals surface area (Å²) in [5.74, 6) is -1.09. The van der Waals surface area contributed by atoms with Crippen LogP contribution in [0.25, 0.3) is 0 Å². The molecule has 0 aliphatic rings. The van der Waals surface area contributed by atoms with E-state index in [1.165, 1.54) is 18.2 Å². The molecular formula is C15H13Cl2FN2O. The average Bonchev–Trinajstić information content (AvgIpc) is 2.40. The number of nitrogens with two attached hydrogens (primary N) is 1. The maximum absolute atomic E-state index is 13.8. The van der Waals surface area contributed by atoms with Crippen molar-refractivity contribution < 1.29 is 9.18 Å². The summed E-state index contributed by atoms with van der Waals surface area (Å²) >= 11 is 12.0. The van der Waals surface area contributed by atoms with Crippen LogP contribution in [0.4, 0.5) is 10.1 Å². The van der Waals surface area contributed by atoms with Crippen LogP contribution < -0.4 is 11.1 Å². The van der Waals surface area contributed by atoms with Crippen LogP contribution in [0, 0.1) is 5.82 Å². The molecule has 0 fully saturated rings. The topological polar surface area (TPSA) is 55.1 Å². The van der Waals surface area contributed by atoms with Crippen LogP contribution in [-0.2, 0) is 0 Å². The Morgan fingerprint density at radius 2 is 1.95 bits per heavy atom. The van der Waals surface area contributed by atoms with Crippen LogP contribution in [0.5, 0.6) is 0 Å². The molecule has 1 amide bonds. The summed E-state index contributed by atoms with van der Waals surface area (Å²) in [6, 6.07) is 8.72. The number of carbonyl (C=O) groups excluding carboxylic acids is 1. The van der Waals surface area contributed by atoms with E-state index in [9.17, 15) is 9.18 Å². The number of anilines is 1. The summed E-state index contributed by atoms with van der Waals surface area (Å²) in [5, 5.41) is 3.98. The van der Waals surface area contributed by atoms with Crippen molar-refractivity contribution >= 4 is 34.8 Å². The highest BCUT2D eigenvalue weighted by molar-refractivity contribution is 6.35. The van der Waals surface area contributed by atoms with Crippen LogP contribution in [0.3, 0.4) is 0 Å². The minimum Gasteiger partial charge on any atom is -0.376 e. The van der Waals surface area contributed by atoms with Gasteiger partial charge in [0.15, 0.2) is 0 Å². The molecule has 0 bridgehead atoms. The van der Waals surface area contributed by atoms with Gasteiger partial charge in [0, 0.05) is 15.6 Å². The summed E-state index contributed by atoms with van der Waals surface area (Å²) < 4.78 is 13.8. The van der Waals surface area contributed by atoms with E-state index in [-0.39, 0.29) is 17.3 Å². The maximum atomic E-state index is 13.8. The third kappa shape index (κ3) is 3.65. The highest BCUT2D eigenvalue weighted by atomic mass is 35.5. The van der Waals surface area contributed by atoms with Crippen molar-refractivity contribution in [3.8, 4) is 0 Å². The molecule has 3 nitrogen and oxygen atoms in total. The fourth-order valence-electron chi connectivity index (χ4n) is 1.95. The first kappa shape index (κ1) is 15.6. The van der Waals surface area contributed by atoms with Crippen molar-refractivity contribution in [1.29, 1.82) is 0 Å². The maximum Gasteiger partial charge on any atom is 0.248 e. The first-order chi connectivity index (χ1) is 9.88. The second-order valence-electron chi connectivity index (χ2n) is 4.59. The van der Waals surface area contributed by atoms with Gasteiger partial charge in [-0.3, -0.25) is 4.79 Å². The molecule has 0 saturated carbocycles. The van der Waals surface area contributed by atoms with Crippen molar-refractivity contribution in [1.82, 2.24) is 0 Å². The number of hydrogen-bond donors (Lipinski definition) is 2. The molecule has 1 atom stereocenters. The van der Waals surface area contributed by atoms with E-state index >= 15 is 0 Å². The molecule has 0 saturated heterocycles. The van der Waals surface area contributed by atoms with Gasteiger partial charge in [-0.05, 0) is 42.8 Å². The Labute approximate surface area is 131 Å². The monoisotopic (exact) mass is 326 g/mol. The molecule has 2 aromatic carbocycles. The molecule has 2 rings (SSSR count). The number of halogens is 3. The van der Waals surface area contributed by atoms with Crippen molar-refractivity contribution in [2.45, 2.75) is 13.0 Å². The highest BCUT2D eigenvalue weighted by Gasteiger charge is 2.13. The van der Waals surface area contributed by atoms with Crippen molar-refractivity contribution in [3.05, 3.63) is 63.4 Å². The molecule has 0 heterocycles. The van der Waals surface area contributed by atoms with Gasteiger partial charge >= 0.3 is 0 Å². The van der Waals surface area contributed by atoms with E-state index in [1.807, 2.05) is 6.92 Å². The quantitative estimate of drug-likeness (QED) is 0.874. The van der Waals surface area contributed by atoms with Crippen molar-refractivity contribution in [2.24, 2.45) is 5.73 Å². The summed E-state index contributed by atoms with van der Waals surface area (Å²) in [6.45, 7) is 1.82. The Balaban J connectivity index is 2.28. The lowest BCUT2D eigenvalue weighted by Crippen LogP contribution is -2.13. The lowest BCUT2D eigenvalue weighted by Gasteiger charge is -2.18. The molecule has 110 valence electrons. The molecular weight excluding hydrogens is 314 g/mol. The second-order valence-corrected chi connectivity index (χ2v) is 5.43. The largest absolute Gasteiger partial charge is 0.376 e. The fourth-order valence-corrected chi connectivity index (χ4v) is 2.52. The third-order valence-corrected chi connectivity index (χ3v) is 3.61. The number of hydrogen-bond acceptors (Lipinski definition) is 2. The van der Waals surface area contributed by atoms with Gasteiger partial charge in [-0.1, -0.05) is 29.3 Å². The Morgan fingerprint density at radius 3 is 2.57 bits per heavy atom. The van der Waals surface area contributed by atoms with Gasteiger partial charge in [-0.25, -0.2) is 4.39 Å². The molecule has 6 heteroatoms. The molecule has 1 unspecified atom stereocenters. The van der Waals surface area contributed by atoms with Gasteiger partial charge in [0.05, 0.1) is 11.7 Å². The summed E-state index contributed by atoms with van der Waals surface area (Å²) in [4.78, 5) is 11.1. The lowest BCUT2D eigenvalue weighted by molar-refractivity contribution is 0.100. The van der Waals surface area contributed by atoms with Crippen LogP contribution in [-0.4, -0.2) is 5.91 Å². The third-order valence-electron chi connectivity index (χ3n) is 3.05. The number of amides is 1. The molecule has 0 aromatic heterocycles. The standard InChI is InChI=1S/C15H13Cl2FN2O/c1-8(11-4-3-10(16)7-12(11)17)20-14-6-9(15(19)21)2-5-13(14)18/h2-8,20H,1H3,(H2,19,21). The zero-order valence-electron chi connectivity index (χ0n) is 11.2. The minimum atomic E-state index is -0.616. The van der Waals surface area contributed by atoms with E-state index < -0.39 is 11.7 Å². The number of primary amides is 1. The predicted octanol–water partition coefficient (Wildman–Crippen LogP) is 4.40. The number of carbonyl (C=O) groups is 1. The average molecular weight is 327 g/mol. The Kier molecular flexibility index (Phi) is 4.70. The Morgan fingerprint density at radius 1 is 1.24 bits per heavy atom. The van der Waals surface area contributed by atoms with E-state index in [2.05, 4.69) is 5.32 Å². The van der Waals surface area contributed by atoms with Gasteiger partial charge in [0.25, 0.3) is 0 Å². The van der Waals surface area contributed by atoms with Crippen LogP contribution >= 0.6 is 23.2 Å².